The fourth-order valence-corrected chi connectivity index (χ4v) is 4.04. The van der Waals surface area contributed by atoms with Gasteiger partial charge in [0.05, 0.1) is 7.11 Å². The van der Waals surface area contributed by atoms with Gasteiger partial charge in [-0.25, -0.2) is 0 Å². The van der Waals surface area contributed by atoms with Crippen LogP contribution >= 0.6 is 0 Å². The van der Waals surface area contributed by atoms with Crippen molar-refractivity contribution in [1.29, 1.82) is 0 Å². The van der Waals surface area contributed by atoms with Crippen molar-refractivity contribution >= 4 is 11.7 Å². The predicted octanol–water partition coefficient (Wildman–Crippen LogP) is 4.50. The Morgan fingerprint density at radius 3 is 2.19 bits per heavy atom. The minimum atomic E-state index is -4.90. The molecule has 1 aliphatic rings. The number of nitrogens with one attached hydrogen (secondary N) is 2. The number of hydrogen-bond acceptors (Lipinski definition) is 4. The predicted molar refractivity (Wildman–Crippen MR) is 115 cm³/mol. The van der Waals surface area contributed by atoms with E-state index in [9.17, 15) is 22.8 Å². The van der Waals surface area contributed by atoms with Crippen LogP contribution in [0.4, 0.5) is 13.2 Å². The number of methoxy groups -OCH3 is 1. The van der Waals surface area contributed by atoms with E-state index in [0.29, 0.717) is 17.4 Å². The summed E-state index contributed by atoms with van der Waals surface area (Å²) in [5.74, 6) is -1.25. The minimum absolute atomic E-state index is 0.00695. The molecule has 1 aliphatic carbocycles. The van der Waals surface area contributed by atoms with Crippen LogP contribution in [0.1, 0.15) is 41.6 Å². The number of rotatable bonds is 7. The summed E-state index contributed by atoms with van der Waals surface area (Å²) in [6, 6.07) is 11.1. The average molecular weight is 448 g/mol. The molecule has 0 heterocycles. The van der Waals surface area contributed by atoms with Crippen LogP contribution in [0.3, 0.4) is 0 Å². The van der Waals surface area contributed by atoms with Crippen molar-refractivity contribution < 1.29 is 27.5 Å². The van der Waals surface area contributed by atoms with Gasteiger partial charge in [-0.2, -0.15) is 13.2 Å². The number of ketones is 1. The summed E-state index contributed by atoms with van der Waals surface area (Å²) in [5, 5.41) is 6.24. The molecule has 2 N–H and O–H groups in total. The first-order valence-electron chi connectivity index (χ1n) is 10.6. The highest BCUT2D eigenvalue weighted by atomic mass is 19.4. The van der Waals surface area contributed by atoms with Crippen LogP contribution in [-0.4, -0.2) is 38.1 Å². The molecule has 8 heteroatoms. The first kappa shape index (κ1) is 23.8. The Morgan fingerprint density at radius 2 is 1.62 bits per heavy atom. The first-order chi connectivity index (χ1) is 15.2. The fraction of sp³-hybridized carbons (Fsp3) is 0.417. The number of carbonyl (C=O) groups is 2. The van der Waals surface area contributed by atoms with Crippen LogP contribution in [0.5, 0.6) is 5.75 Å². The maximum atomic E-state index is 12.6. The van der Waals surface area contributed by atoms with Gasteiger partial charge < -0.3 is 15.4 Å². The molecule has 0 saturated heterocycles. The number of hydrogen-bond donors (Lipinski definition) is 2. The summed E-state index contributed by atoms with van der Waals surface area (Å²) in [4.78, 5) is 24.0. The number of carbonyl (C=O) groups excluding carboxylic acids is 2. The highest BCUT2D eigenvalue weighted by Gasteiger charge is 2.39. The van der Waals surface area contributed by atoms with Crippen LogP contribution in [-0.2, 0) is 11.3 Å². The third kappa shape index (κ3) is 5.68. The van der Waals surface area contributed by atoms with Crippen LogP contribution in [0.25, 0.3) is 11.1 Å². The molecule has 0 radical (unpaired) electrons. The lowest BCUT2D eigenvalue weighted by Crippen LogP contribution is -2.37. The topological polar surface area (TPSA) is 67.4 Å². The van der Waals surface area contributed by atoms with E-state index in [1.165, 1.54) is 31.4 Å². The van der Waals surface area contributed by atoms with Crippen molar-refractivity contribution in [3.63, 3.8) is 0 Å². The molecule has 0 bridgehead atoms. The summed E-state index contributed by atoms with van der Waals surface area (Å²) in [6.45, 7) is 0.284. The summed E-state index contributed by atoms with van der Waals surface area (Å²) in [5.41, 5.74) is 1.76. The Bertz CT molecular complexity index is 950. The smallest absolute Gasteiger partial charge is 0.454 e. The van der Waals surface area contributed by atoms with Gasteiger partial charge in [-0.15, -0.1) is 0 Å². The van der Waals surface area contributed by atoms with Crippen molar-refractivity contribution in [1.82, 2.24) is 10.6 Å². The van der Waals surface area contributed by atoms with Crippen molar-refractivity contribution in [3.8, 4) is 16.9 Å². The molecule has 2 aromatic rings. The Balaban J connectivity index is 1.70. The lowest BCUT2D eigenvalue weighted by molar-refractivity contribution is -0.126. The van der Waals surface area contributed by atoms with Crippen LogP contribution in [0.2, 0.25) is 0 Å². The number of amides is 1. The number of Topliss-reactive ketones (excluding diaryl/α,β-unsaturated/α-hetero) is 1. The van der Waals surface area contributed by atoms with Crippen LogP contribution in [0.15, 0.2) is 42.5 Å². The van der Waals surface area contributed by atoms with E-state index in [1.807, 2.05) is 13.1 Å². The van der Waals surface area contributed by atoms with Gasteiger partial charge in [0.25, 0.3) is 5.78 Å². The third-order valence-electron chi connectivity index (χ3n) is 5.98. The molecule has 0 atom stereocenters. The van der Waals surface area contributed by atoms with E-state index in [4.69, 9.17) is 4.74 Å². The van der Waals surface area contributed by atoms with Crippen molar-refractivity contribution in [2.45, 2.75) is 44.4 Å². The molecule has 1 fully saturated rings. The third-order valence-corrected chi connectivity index (χ3v) is 5.98. The Labute approximate surface area is 185 Å². The van der Waals surface area contributed by atoms with E-state index in [2.05, 4.69) is 10.6 Å². The molecule has 0 spiro atoms. The highest BCUT2D eigenvalue weighted by Crippen LogP contribution is 2.29. The fourth-order valence-electron chi connectivity index (χ4n) is 4.04. The van der Waals surface area contributed by atoms with Crippen LogP contribution < -0.4 is 15.4 Å². The molecule has 1 saturated carbocycles. The summed E-state index contributed by atoms with van der Waals surface area (Å²) >= 11 is 0. The number of ether oxygens (including phenoxy) is 1. The summed E-state index contributed by atoms with van der Waals surface area (Å²) < 4.78 is 43.2. The molecule has 2 aromatic carbocycles. The Kier molecular flexibility index (Phi) is 7.56. The second-order valence-electron chi connectivity index (χ2n) is 7.99. The lowest BCUT2D eigenvalue weighted by Gasteiger charge is -2.27. The minimum Gasteiger partial charge on any atom is -0.496 e. The maximum Gasteiger partial charge on any atom is 0.454 e. The highest BCUT2D eigenvalue weighted by molar-refractivity contribution is 6.00. The van der Waals surface area contributed by atoms with Gasteiger partial charge in [0, 0.05) is 29.6 Å². The van der Waals surface area contributed by atoms with Crippen molar-refractivity contribution in [3.05, 3.63) is 53.6 Å². The number of alkyl halides is 3. The normalized spacial score (nSPS) is 18.8. The van der Waals surface area contributed by atoms with Crippen LogP contribution in [0, 0.1) is 5.92 Å². The monoisotopic (exact) mass is 448 g/mol. The SMILES string of the molecule is CNC1CCC(C(=O)NCc2cc(-c3ccc(C(=O)C(F)(F)F)cc3)ccc2OC)CC1. The van der Waals surface area contributed by atoms with Crippen molar-refractivity contribution in [2.24, 2.45) is 5.92 Å². The zero-order chi connectivity index (χ0) is 23.3. The number of benzene rings is 2. The second-order valence-corrected chi connectivity index (χ2v) is 7.99. The van der Waals surface area contributed by atoms with Gasteiger partial charge in [0.1, 0.15) is 5.75 Å². The van der Waals surface area contributed by atoms with E-state index >= 15 is 0 Å². The van der Waals surface area contributed by atoms with Gasteiger partial charge in [0.2, 0.25) is 5.91 Å². The van der Waals surface area contributed by atoms with Gasteiger partial charge in [-0.1, -0.05) is 30.3 Å². The summed E-state index contributed by atoms with van der Waals surface area (Å²) in [7, 11) is 3.48. The zero-order valence-corrected chi connectivity index (χ0v) is 18.1. The van der Waals surface area contributed by atoms with E-state index in [0.717, 1.165) is 36.8 Å². The molecule has 1 amide bonds. The quantitative estimate of drug-likeness (QED) is 0.612. The second kappa shape index (κ2) is 10.2. The Hall–Kier alpha value is -2.87. The largest absolute Gasteiger partial charge is 0.496 e. The van der Waals surface area contributed by atoms with Gasteiger partial charge in [0.15, 0.2) is 0 Å². The zero-order valence-electron chi connectivity index (χ0n) is 18.1. The van der Waals surface area contributed by atoms with Gasteiger partial charge in [-0.05, 0) is 56.0 Å². The van der Waals surface area contributed by atoms with Gasteiger partial charge in [-0.3, -0.25) is 9.59 Å². The molecular weight excluding hydrogens is 421 g/mol. The Morgan fingerprint density at radius 1 is 1.00 bits per heavy atom. The molecule has 32 heavy (non-hydrogen) atoms. The maximum absolute atomic E-state index is 12.6. The van der Waals surface area contributed by atoms with Gasteiger partial charge >= 0.3 is 6.18 Å². The summed E-state index contributed by atoms with van der Waals surface area (Å²) in [6.07, 6.45) is -1.27. The molecular formula is C24H27F3N2O3. The van der Waals surface area contributed by atoms with E-state index < -0.39 is 17.5 Å². The van der Waals surface area contributed by atoms with Crippen molar-refractivity contribution in [2.75, 3.05) is 14.2 Å². The van der Waals surface area contributed by atoms with E-state index in [-0.39, 0.29) is 18.4 Å². The average Bonchev–Trinajstić information content (AvgIpc) is 2.81. The molecule has 0 unspecified atom stereocenters. The number of halogens is 3. The van der Waals surface area contributed by atoms with E-state index in [1.54, 1.807) is 12.1 Å². The molecule has 172 valence electrons. The standard InChI is InChI=1S/C24H27F3N2O3/c1-28-20-10-7-17(8-11-20)23(31)29-14-19-13-18(9-12-21(19)32-2)15-3-5-16(6-4-15)22(30)24(25,26)27/h3-6,9,12-13,17,20,28H,7-8,10-11,14H2,1-2H3,(H,29,31). The first-order valence-corrected chi connectivity index (χ1v) is 10.6. The molecule has 0 aliphatic heterocycles. The lowest BCUT2D eigenvalue weighted by atomic mass is 9.85. The molecule has 5 nitrogen and oxygen atoms in total. The molecule has 3 rings (SSSR count). The molecule has 0 aromatic heterocycles.